The molecule has 0 spiro atoms. The van der Waals surface area contributed by atoms with Crippen LogP contribution in [0.1, 0.15) is 31.2 Å². The van der Waals surface area contributed by atoms with Crippen molar-refractivity contribution in [3.63, 3.8) is 0 Å². The third-order valence-electron chi connectivity index (χ3n) is 3.77. The molecule has 1 aromatic carbocycles. The van der Waals surface area contributed by atoms with Crippen LogP contribution in [0.2, 0.25) is 0 Å². The van der Waals surface area contributed by atoms with Crippen LogP contribution in [0.5, 0.6) is 5.75 Å². The lowest BCUT2D eigenvalue weighted by Crippen LogP contribution is -2.20. The third kappa shape index (κ3) is 3.28. The zero-order chi connectivity index (χ0) is 15.5. The standard InChI is InChI=1S/C16H20BrN3O2/c1-11-9-15(19-20(11)16-5-3-4-8-22-16)18-12-6-7-13(17)14(10-12)21-2/h6-7,9-10,16H,3-5,8H2,1-2H3,(H,18,19). The Hall–Kier alpha value is -1.53. The first-order valence-electron chi connectivity index (χ1n) is 7.45. The second-order valence-corrected chi connectivity index (χ2v) is 6.27. The second kappa shape index (κ2) is 6.71. The molecule has 2 aromatic rings. The average Bonchev–Trinajstić information content (AvgIpc) is 2.90. The first kappa shape index (κ1) is 15.4. The third-order valence-corrected chi connectivity index (χ3v) is 4.43. The first-order valence-corrected chi connectivity index (χ1v) is 8.25. The van der Waals surface area contributed by atoms with Crippen LogP contribution < -0.4 is 10.1 Å². The largest absolute Gasteiger partial charge is 0.495 e. The fraction of sp³-hybridized carbons (Fsp3) is 0.438. The van der Waals surface area contributed by atoms with Gasteiger partial charge in [-0.2, -0.15) is 5.10 Å². The molecule has 1 saturated heterocycles. The molecule has 1 unspecified atom stereocenters. The smallest absolute Gasteiger partial charge is 0.152 e. The van der Waals surface area contributed by atoms with Crippen LogP contribution in [0, 0.1) is 6.92 Å². The van der Waals surface area contributed by atoms with Gasteiger partial charge in [0.25, 0.3) is 0 Å². The van der Waals surface area contributed by atoms with Gasteiger partial charge in [-0.3, -0.25) is 0 Å². The first-order chi connectivity index (χ1) is 10.7. The maximum Gasteiger partial charge on any atom is 0.152 e. The van der Waals surface area contributed by atoms with E-state index < -0.39 is 0 Å². The highest BCUT2D eigenvalue weighted by atomic mass is 79.9. The van der Waals surface area contributed by atoms with Gasteiger partial charge in [0.2, 0.25) is 0 Å². The Morgan fingerprint density at radius 1 is 1.36 bits per heavy atom. The van der Waals surface area contributed by atoms with Gasteiger partial charge in [0.05, 0.1) is 11.6 Å². The lowest BCUT2D eigenvalue weighted by Gasteiger charge is -2.23. The van der Waals surface area contributed by atoms with Crippen molar-refractivity contribution in [1.82, 2.24) is 9.78 Å². The molecular formula is C16H20BrN3O2. The molecule has 0 aliphatic carbocycles. The van der Waals surface area contributed by atoms with Crippen LogP contribution in [0.4, 0.5) is 11.5 Å². The highest BCUT2D eigenvalue weighted by Crippen LogP contribution is 2.30. The molecule has 22 heavy (non-hydrogen) atoms. The summed E-state index contributed by atoms with van der Waals surface area (Å²) in [6.07, 6.45) is 3.41. The van der Waals surface area contributed by atoms with E-state index in [2.05, 4.69) is 33.3 Å². The van der Waals surface area contributed by atoms with Crippen LogP contribution in [0.15, 0.2) is 28.7 Å². The number of ether oxygens (including phenoxy) is 2. The number of benzene rings is 1. The fourth-order valence-corrected chi connectivity index (χ4v) is 3.05. The summed E-state index contributed by atoms with van der Waals surface area (Å²) in [5.74, 6) is 1.60. The van der Waals surface area contributed by atoms with Gasteiger partial charge < -0.3 is 14.8 Å². The molecule has 2 heterocycles. The summed E-state index contributed by atoms with van der Waals surface area (Å²) in [5.41, 5.74) is 2.03. The number of nitrogens with one attached hydrogen (secondary N) is 1. The molecule has 0 bridgehead atoms. The van der Waals surface area contributed by atoms with Gasteiger partial charge in [-0.1, -0.05) is 0 Å². The van der Waals surface area contributed by atoms with E-state index in [-0.39, 0.29) is 6.23 Å². The van der Waals surface area contributed by atoms with Gasteiger partial charge in [0.1, 0.15) is 5.75 Å². The zero-order valence-corrected chi connectivity index (χ0v) is 14.4. The van der Waals surface area contributed by atoms with E-state index >= 15 is 0 Å². The molecule has 1 fully saturated rings. The van der Waals surface area contributed by atoms with Crippen molar-refractivity contribution in [3.05, 3.63) is 34.4 Å². The topological polar surface area (TPSA) is 48.3 Å². The van der Waals surface area contributed by atoms with Crippen molar-refractivity contribution in [2.24, 2.45) is 0 Å². The van der Waals surface area contributed by atoms with Gasteiger partial charge in [-0.25, -0.2) is 4.68 Å². The van der Waals surface area contributed by atoms with Crippen molar-refractivity contribution in [2.75, 3.05) is 19.0 Å². The van der Waals surface area contributed by atoms with Gasteiger partial charge >= 0.3 is 0 Å². The number of hydrogen-bond donors (Lipinski definition) is 1. The molecule has 1 N–H and O–H groups in total. The van der Waals surface area contributed by atoms with E-state index in [0.29, 0.717) is 0 Å². The van der Waals surface area contributed by atoms with E-state index in [1.165, 1.54) is 6.42 Å². The number of anilines is 2. The molecule has 0 radical (unpaired) electrons. The highest BCUT2D eigenvalue weighted by Gasteiger charge is 2.19. The number of nitrogens with zero attached hydrogens (tertiary/aromatic N) is 2. The molecule has 6 heteroatoms. The van der Waals surface area contributed by atoms with Crippen molar-refractivity contribution < 1.29 is 9.47 Å². The Kier molecular flexibility index (Phi) is 4.69. The highest BCUT2D eigenvalue weighted by molar-refractivity contribution is 9.10. The Morgan fingerprint density at radius 2 is 2.23 bits per heavy atom. The maximum atomic E-state index is 5.81. The van der Waals surface area contributed by atoms with Gasteiger partial charge in [-0.05, 0) is 54.2 Å². The number of aryl methyl sites for hydroxylation is 1. The van der Waals surface area contributed by atoms with Gasteiger partial charge in [0.15, 0.2) is 12.0 Å². The monoisotopic (exact) mass is 365 g/mol. The van der Waals surface area contributed by atoms with Crippen molar-refractivity contribution in [1.29, 1.82) is 0 Å². The van der Waals surface area contributed by atoms with E-state index in [0.717, 1.165) is 46.9 Å². The lowest BCUT2D eigenvalue weighted by molar-refractivity contribution is -0.0404. The molecule has 0 amide bonds. The summed E-state index contributed by atoms with van der Waals surface area (Å²) in [4.78, 5) is 0. The molecule has 1 atom stereocenters. The summed E-state index contributed by atoms with van der Waals surface area (Å²) in [7, 11) is 1.66. The summed E-state index contributed by atoms with van der Waals surface area (Å²) < 4.78 is 14.0. The van der Waals surface area contributed by atoms with Crippen LogP contribution in [-0.2, 0) is 4.74 Å². The molecule has 1 aliphatic rings. The van der Waals surface area contributed by atoms with E-state index in [9.17, 15) is 0 Å². The van der Waals surface area contributed by atoms with E-state index in [1.807, 2.05) is 28.9 Å². The molecule has 3 rings (SSSR count). The summed E-state index contributed by atoms with van der Waals surface area (Å²) in [6.45, 7) is 2.87. The van der Waals surface area contributed by atoms with E-state index in [4.69, 9.17) is 9.47 Å². The predicted octanol–water partition coefficient (Wildman–Crippen LogP) is 4.41. The number of rotatable bonds is 4. The Balaban J connectivity index is 1.78. The van der Waals surface area contributed by atoms with Crippen molar-refractivity contribution in [2.45, 2.75) is 32.4 Å². The predicted molar refractivity (Wildman–Crippen MR) is 89.8 cm³/mol. The Morgan fingerprint density at radius 3 is 2.95 bits per heavy atom. The normalized spacial score (nSPS) is 18.2. The van der Waals surface area contributed by atoms with E-state index in [1.54, 1.807) is 7.11 Å². The van der Waals surface area contributed by atoms with Gasteiger partial charge in [-0.15, -0.1) is 0 Å². The number of methoxy groups -OCH3 is 1. The number of hydrogen-bond acceptors (Lipinski definition) is 4. The molecule has 5 nitrogen and oxygen atoms in total. The molecule has 1 aromatic heterocycles. The van der Waals surface area contributed by atoms with Crippen LogP contribution >= 0.6 is 15.9 Å². The maximum absolute atomic E-state index is 5.81. The van der Waals surface area contributed by atoms with Crippen molar-refractivity contribution >= 4 is 27.4 Å². The number of aromatic nitrogens is 2. The minimum atomic E-state index is 0.0590. The second-order valence-electron chi connectivity index (χ2n) is 5.41. The fourth-order valence-electron chi connectivity index (χ4n) is 2.64. The van der Waals surface area contributed by atoms with Crippen LogP contribution in [-0.4, -0.2) is 23.5 Å². The summed E-state index contributed by atoms with van der Waals surface area (Å²) in [6, 6.07) is 7.91. The SMILES string of the molecule is COc1cc(Nc2cc(C)n(C3CCCCO3)n2)ccc1Br. The molecule has 0 saturated carbocycles. The minimum absolute atomic E-state index is 0.0590. The molecule has 118 valence electrons. The Labute approximate surface area is 138 Å². The Bertz CT molecular complexity index is 651. The number of halogens is 1. The summed E-state index contributed by atoms with van der Waals surface area (Å²) >= 11 is 3.45. The summed E-state index contributed by atoms with van der Waals surface area (Å²) in [5, 5.41) is 7.95. The minimum Gasteiger partial charge on any atom is -0.495 e. The van der Waals surface area contributed by atoms with Crippen LogP contribution in [0.3, 0.4) is 0 Å². The van der Waals surface area contributed by atoms with Crippen LogP contribution in [0.25, 0.3) is 0 Å². The average molecular weight is 366 g/mol. The van der Waals surface area contributed by atoms with Crippen molar-refractivity contribution in [3.8, 4) is 5.75 Å². The lowest BCUT2D eigenvalue weighted by atomic mass is 10.2. The molecular weight excluding hydrogens is 346 g/mol. The zero-order valence-electron chi connectivity index (χ0n) is 12.8. The van der Waals surface area contributed by atoms with Gasteiger partial charge in [0, 0.05) is 30.1 Å². The quantitative estimate of drug-likeness (QED) is 0.871. The molecule has 1 aliphatic heterocycles.